The molecular formula is C53H100N16O13. The first-order chi connectivity index (χ1) is 38.7. The van der Waals surface area contributed by atoms with Gasteiger partial charge in [0.25, 0.3) is 0 Å². The molecule has 1 saturated heterocycles. The van der Waals surface area contributed by atoms with Crippen molar-refractivity contribution in [2.45, 2.75) is 211 Å². The van der Waals surface area contributed by atoms with Crippen molar-refractivity contribution in [3.05, 3.63) is 0 Å². The number of aliphatic hydroxyl groups is 2. The summed E-state index contributed by atoms with van der Waals surface area (Å²) in [7, 11) is 0. The first-order valence-corrected chi connectivity index (χ1v) is 28.9. The van der Waals surface area contributed by atoms with E-state index in [2.05, 4.69) is 72.3 Å². The lowest BCUT2D eigenvalue weighted by atomic mass is 9.96. The third kappa shape index (κ3) is 26.4. The Labute approximate surface area is 482 Å². The van der Waals surface area contributed by atoms with Crippen LogP contribution in [-0.2, 0) is 52.7 Å². The summed E-state index contributed by atoms with van der Waals surface area (Å²) in [6, 6.07) is -14.5. The van der Waals surface area contributed by atoms with Crippen molar-refractivity contribution in [2.75, 3.05) is 39.3 Å². The molecule has 0 bridgehead atoms. The lowest BCUT2D eigenvalue weighted by molar-refractivity contribution is -0.137. The Morgan fingerprint density at radius 1 is 0.537 bits per heavy atom. The largest absolute Gasteiger partial charge is 0.391 e. The molecule has 1 aliphatic heterocycles. The van der Waals surface area contributed by atoms with Crippen molar-refractivity contribution in [1.29, 1.82) is 0 Å². The predicted molar refractivity (Wildman–Crippen MR) is 305 cm³/mol. The summed E-state index contributed by atoms with van der Waals surface area (Å²) in [5.41, 5.74) is 29.2. The highest BCUT2D eigenvalue weighted by molar-refractivity contribution is 5.99. The van der Waals surface area contributed by atoms with Gasteiger partial charge in [-0.25, -0.2) is 0 Å². The van der Waals surface area contributed by atoms with Gasteiger partial charge in [0.1, 0.15) is 60.4 Å². The Hall–Kier alpha value is -6.11. The maximum atomic E-state index is 14.4. The van der Waals surface area contributed by atoms with Gasteiger partial charge in [0, 0.05) is 13.0 Å². The topological polar surface area (TPSA) is 491 Å². The smallest absolute Gasteiger partial charge is 0.245 e. The average Bonchev–Trinajstić information content (AvgIpc) is 3.48. The fourth-order valence-corrected chi connectivity index (χ4v) is 8.73. The molecule has 1 aliphatic rings. The van der Waals surface area contributed by atoms with E-state index in [0.717, 1.165) is 19.3 Å². The summed E-state index contributed by atoms with van der Waals surface area (Å²) in [5.74, 6) is -9.84. The Kier molecular flexibility index (Phi) is 35.5. The minimum Gasteiger partial charge on any atom is -0.391 e. The summed E-state index contributed by atoms with van der Waals surface area (Å²) in [5, 5.41) is 49.6. The molecule has 0 saturated carbocycles. The second-order valence-corrected chi connectivity index (χ2v) is 21.7. The minimum absolute atomic E-state index is 0.0131. The second-order valence-electron chi connectivity index (χ2n) is 21.7. The first kappa shape index (κ1) is 73.9. The van der Waals surface area contributed by atoms with Gasteiger partial charge >= 0.3 is 0 Å². The van der Waals surface area contributed by atoms with Crippen LogP contribution in [0.2, 0.25) is 0 Å². The molecule has 14 atom stereocenters. The van der Waals surface area contributed by atoms with Crippen LogP contribution in [0.4, 0.5) is 0 Å². The maximum absolute atomic E-state index is 14.4. The van der Waals surface area contributed by atoms with Crippen molar-refractivity contribution in [3.63, 3.8) is 0 Å². The van der Waals surface area contributed by atoms with Crippen LogP contribution >= 0.6 is 0 Å². The number of hydrogen-bond acceptors (Lipinski definition) is 18. The van der Waals surface area contributed by atoms with Gasteiger partial charge < -0.3 is 97.4 Å². The van der Waals surface area contributed by atoms with Crippen LogP contribution in [-0.4, -0.2) is 187 Å². The molecule has 0 aromatic carbocycles. The third-order valence-electron chi connectivity index (χ3n) is 14.1. The highest BCUT2D eigenvalue weighted by Crippen LogP contribution is 2.15. The molecule has 29 heteroatoms. The van der Waals surface area contributed by atoms with Gasteiger partial charge in [0.05, 0.1) is 12.2 Å². The summed E-state index contributed by atoms with van der Waals surface area (Å²) in [4.78, 5) is 153. The number of carbonyl (C=O) groups is 11. The van der Waals surface area contributed by atoms with E-state index in [1.165, 1.54) is 13.8 Å². The van der Waals surface area contributed by atoms with Gasteiger partial charge in [0.15, 0.2) is 0 Å². The summed E-state index contributed by atoms with van der Waals surface area (Å²) < 4.78 is 0. The Bertz CT molecular complexity index is 2070. The summed E-state index contributed by atoms with van der Waals surface area (Å²) >= 11 is 0. The fourth-order valence-electron chi connectivity index (χ4n) is 8.73. The van der Waals surface area contributed by atoms with E-state index in [-0.39, 0.29) is 83.6 Å². The molecule has 0 spiro atoms. The van der Waals surface area contributed by atoms with Crippen LogP contribution in [0, 0.1) is 17.8 Å². The van der Waals surface area contributed by atoms with Gasteiger partial charge in [-0.1, -0.05) is 67.2 Å². The Balaban J connectivity index is 3.82. The van der Waals surface area contributed by atoms with Crippen LogP contribution in [0.5, 0.6) is 0 Å². The third-order valence-corrected chi connectivity index (χ3v) is 14.1. The molecule has 1 fully saturated rings. The average molecular weight is 1170 g/mol. The molecule has 1 heterocycles. The lowest BCUT2D eigenvalue weighted by Gasteiger charge is -2.30. The van der Waals surface area contributed by atoms with E-state index in [1.807, 2.05) is 0 Å². The fraction of sp³-hybridized carbons (Fsp3) is 0.792. The molecule has 11 amide bonds. The lowest BCUT2D eigenvalue weighted by Crippen LogP contribution is -2.62. The molecular weight excluding hydrogens is 1070 g/mol. The van der Waals surface area contributed by atoms with Crippen molar-refractivity contribution >= 4 is 65.0 Å². The predicted octanol–water partition coefficient (Wildman–Crippen LogP) is -5.44. The summed E-state index contributed by atoms with van der Waals surface area (Å²) in [6.45, 7) is 12.5. The quantitative estimate of drug-likeness (QED) is 0.0311. The van der Waals surface area contributed by atoms with E-state index in [1.54, 1.807) is 27.7 Å². The number of amides is 11. The highest BCUT2D eigenvalue weighted by Gasteiger charge is 2.38. The number of nitrogens with two attached hydrogens (primary N) is 5. The monoisotopic (exact) mass is 1170 g/mol. The molecule has 0 aliphatic carbocycles. The molecule has 0 aromatic heterocycles. The van der Waals surface area contributed by atoms with Crippen molar-refractivity contribution < 1.29 is 63.0 Å². The maximum Gasteiger partial charge on any atom is 0.245 e. The van der Waals surface area contributed by atoms with E-state index in [9.17, 15) is 63.0 Å². The van der Waals surface area contributed by atoms with Crippen LogP contribution in [0.1, 0.15) is 139 Å². The van der Waals surface area contributed by atoms with Crippen LogP contribution < -0.4 is 87.2 Å². The van der Waals surface area contributed by atoms with Crippen molar-refractivity contribution in [2.24, 2.45) is 46.4 Å². The zero-order valence-electron chi connectivity index (χ0n) is 49.4. The molecule has 0 radical (unpaired) electrons. The molecule has 470 valence electrons. The van der Waals surface area contributed by atoms with Crippen LogP contribution in [0.3, 0.4) is 0 Å². The number of hydrogen-bond donors (Lipinski definition) is 18. The van der Waals surface area contributed by atoms with E-state index in [0.29, 0.717) is 18.8 Å². The van der Waals surface area contributed by atoms with Crippen LogP contribution in [0.25, 0.3) is 0 Å². The van der Waals surface area contributed by atoms with Gasteiger partial charge in [0.2, 0.25) is 65.0 Å². The zero-order chi connectivity index (χ0) is 62.2. The minimum atomic E-state index is -1.69. The van der Waals surface area contributed by atoms with Crippen molar-refractivity contribution in [1.82, 2.24) is 58.5 Å². The zero-order valence-corrected chi connectivity index (χ0v) is 49.4. The van der Waals surface area contributed by atoms with Gasteiger partial charge in [-0.2, -0.15) is 0 Å². The Morgan fingerprint density at radius 2 is 1.02 bits per heavy atom. The second kappa shape index (κ2) is 39.4. The van der Waals surface area contributed by atoms with E-state index >= 15 is 0 Å². The first-order valence-electron chi connectivity index (χ1n) is 28.9. The molecule has 1 rings (SSSR count). The molecule has 29 nitrogen and oxygen atoms in total. The number of nitrogens with one attached hydrogen (secondary N) is 11. The Morgan fingerprint density at radius 3 is 1.51 bits per heavy atom. The van der Waals surface area contributed by atoms with Gasteiger partial charge in [-0.3, -0.25) is 52.7 Å². The number of carbonyl (C=O) groups excluding carboxylic acids is 11. The molecule has 82 heavy (non-hydrogen) atoms. The van der Waals surface area contributed by atoms with Crippen molar-refractivity contribution in [3.8, 4) is 0 Å². The molecule has 23 N–H and O–H groups in total. The van der Waals surface area contributed by atoms with Gasteiger partial charge in [-0.15, -0.1) is 0 Å². The van der Waals surface area contributed by atoms with E-state index in [4.69, 9.17) is 28.7 Å². The number of aliphatic hydroxyl groups excluding tert-OH is 2. The normalized spacial score (nSPS) is 23.8. The SMILES string of the molecule is CC[C@H](C)CCCCC(=O)N[C@@H](CCN)C(=O)N[C@H](C(=O)N[C@@H](CCN)C(=O)N[C@H]1CCNC(=O)[C@H]([C@H](C)O)NC(=O)[C@H](CCN)NC(=O)[C@H](CCN)NC(=O)[C@H]([C@@H](C)CC)NC(=O)[C@@H](CC(C)C)NC(=O)[C@H](CCN)NC1=O)[C@H](C)O. The summed E-state index contributed by atoms with van der Waals surface area (Å²) in [6.07, 6.45) is -0.469. The molecule has 0 unspecified atom stereocenters. The van der Waals surface area contributed by atoms with Gasteiger partial charge in [-0.05, 0) is 116 Å². The number of unbranched alkanes of at least 4 members (excludes halogenated alkanes) is 1. The highest BCUT2D eigenvalue weighted by atomic mass is 16.3. The molecule has 0 aromatic rings. The standard InChI is InChI=1S/C53H100N16O13/c1-9-29(5)13-11-12-14-40(72)60-33(15-21-54)48(77)69-43(32(8)71)53(82)65-36(18-24-57)45(74)63-38-20-26-59-51(80)42(31(7)70)68-49(78)37(19-25-58)62-44(73)35(17-23-56)64-52(81)41(30(6)10-2)67-50(79)39(27-28(3)4)66-46(75)34(16-22-55)61-47(38)76/h28-39,41-43,70-71H,9-27,54-58H2,1-8H3,(H,59,80)(H,60,72)(H,61,76)(H,62,73)(H,63,74)(H,64,81)(H,65,82)(H,66,75)(H,67,79)(H,68,78)(H,69,77)/t29-,30-,31-,32-,33-,34-,35-,36-,37-,38-,39+,41-,42-,43-/m0/s1. The van der Waals surface area contributed by atoms with Crippen LogP contribution in [0.15, 0.2) is 0 Å². The number of rotatable bonds is 29. The van der Waals surface area contributed by atoms with E-state index < -0.39 is 156 Å².